The summed E-state index contributed by atoms with van der Waals surface area (Å²) in [6, 6.07) is 36.1. The van der Waals surface area contributed by atoms with Gasteiger partial charge in [-0.05, 0) is 87.7 Å². The molecule has 0 aliphatic carbocycles. The van der Waals surface area contributed by atoms with Crippen LogP contribution in [-0.2, 0) is 218 Å². The fourth-order valence-electron chi connectivity index (χ4n) is 4.47. The van der Waals surface area contributed by atoms with Crippen LogP contribution >= 0.6 is 12.6 Å². The van der Waals surface area contributed by atoms with Gasteiger partial charge in [-0.3, -0.25) is 4.79 Å². The largest absolute Gasteiger partial charge is 0.780 e. The van der Waals surface area contributed by atoms with E-state index in [2.05, 4.69) is 33.2 Å². The Bertz CT molecular complexity index is 2880. The third-order valence-electron chi connectivity index (χ3n) is 7.67. The number of aromatic carboxylic acids is 3. The minimum atomic E-state index is -2.37. The van der Waals surface area contributed by atoms with Crippen molar-refractivity contribution in [2.24, 2.45) is 5.73 Å². The standard InChI is InChI=1S/C8H8NO3S.C8H7O4S.C8H8O2S.C7H5O4S.2C7H6O2S.6C2H6.CH5N.CH3.6W/c1-9-8(10)6-3-2-4-7(5-6)13(11)12;1-12-8(9)6-3-2-4-7(5-6)13(10)11;1-10-8(9)6-3-2-4-7(11)5-6;8-7(9)5-2-1-3-6(4-5)12(10)11;2*8-7(9)5-2-1-3-6(10)4-5;7*1-2;;;;;;;/h2-5H,1H3,(H,9,10);2-5H,1H3;2-5,11H,1H3;1-4H,(H,8,9);2*1-4,10H,(H,8,9);6*1-2H3;2H2,1H3;1H3;;;;;;/q2*-1;;-1;;;;;;;;;;-1;;;;;;/p-2. The number of carboxylic acids is 3. The molecule has 0 atom stereocenters. The zero-order chi connectivity index (χ0) is 66.2. The fourth-order valence-corrected chi connectivity index (χ4v) is 6.35. The van der Waals surface area contributed by atoms with Gasteiger partial charge in [0.25, 0.3) is 5.91 Å². The summed E-state index contributed by atoms with van der Waals surface area (Å²) >= 11 is 13.6. The second-order valence-electron chi connectivity index (χ2n) is 12.4. The molecule has 0 fully saturated rings. The van der Waals surface area contributed by atoms with Crippen molar-refractivity contribution in [3.05, 3.63) is 186 Å². The molecule has 0 heterocycles. The minimum Gasteiger partial charge on any atom is -0.780 e. The summed E-state index contributed by atoms with van der Waals surface area (Å²) in [6.45, 7) is 24.0. The molecule has 0 radical (unpaired) electrons. The second kappa shape index (κ2) is 82.0. The van der Waals surface area contributed by atoms with Crippen molar-refractivity contribution < 1.29 is 205 Å². The zero-order valence-corrected chi connectivity index (χ0v) is 75.5. The molecule has 6 N–H and O–H groups in total. The van der Waals surface area contributed by atoms with E-state index >= 15 is 0 Å². The number of benzene rings is 6. The molecule has 6 aromatic carbocycles. The van der Waals surface area contributed by atoms with Gasteiger partial charge in [0.05, 0.1) is 42.0 Å². The van der Waals surface area contributed by atoms with Crippen LogP contribution in [0.4, 0.5) is 0 Å². The summed E-state index contributed by atoms with van der Waals surface area (Å²) in [5.74, 6) is -4.19. The molecule has 6 aromatic rings. The molecule has 90 heavy (non-hydrogen) atoms. The topological polar surface area (TPSA) is 322 Å². The van der Waals surface area contributed by atoms with E-state index in [9.17, 15) is 54.0 Å². The number of nitrogens with two attached hydrogens (primary N) is 1. The van der Waals surface area contributed by atoms with Gasteiger partial charge in [-0.2, -0.15) is 9.79 Å². The van der Waals surface area contributed by atoms with E-state index in [1.807, 2.05) is 83.1 Å². The molecule has 19 nitrogen and oxygen atoms in total. The van der Waals surface area contributed by atoms with Gasteiger partial charge in [-0.1, -0.05) is 195 Å². The van der Waals surface area contributed by atoms with Crippen LogP contribution in [-0.4, -0.2) is 79.4 Å². The number of nitrogens with one attached hydrogen (secondary N) is 1. The summed E-state index contributed by atoms with van der Waals surface area (Å²) in [7, 11) is -1.40. The normalized spacial score (nSPS) is 7.88. The predicted molar refractivity (Wildman–Crippen MR) is 340 cm³/mol. The summed E-state index contributed by atoms with van der Waals surface area (Å²) in [4.78, 5) is 66.0. The Hall–Kier alpha value is -3.13. The number of hydrogen-bond donors (Lipinski definition) is 6. The number of rotatable bonds is 9. The van der Waals surface area contributed by atoms with E-state index in [4.69, 9.17) is 40.6 Å². The van der Waals surface area contributed by atoms with Gasteiger partial charge in [-0.25, -0.2) is 24.0 Å². The van der Waals surface area contributed by atoms with Crippen molar-refractivity contribution in [2.45, 2.75) is 112 Å². The van der Waals surface area contributed by atoms with Crippen molar-refractivity contribution >= 4 is 106 Å². The third-order valence-corrected chi connectivity index (χ3v) is 10.4. The average Bonchev–Trinajstić information content (AvgIpc) is 3.59. The van der Waals surface area contributed by atoms with E-state index in [0.29, 0.717) is 25.8 Å². The maximum Gasteiger partial charge on any atom is 0.337 e. The molecule has 0 saturated heterocycles. The molecular formula is C59H82N2O17S6W6-6. The zero-order valence-electron chi connectivity index (χ0n) is 52.9. The van der Waals surface area contributed by atoms with Gasteiger partial charge in [0, 0.05) is 144 Å². The van der Waals surface area contributed by atoms with Crippen molar-refractivity contribution in [3.8, 4) is 0 Å². The number of carbonyl (C=O) groups excluding carboxylic acids is 3. The molecule has 1 amide bonds. The molecule has 0 aromatic heterocycles. The SMILES string of the molecule is CC.CC.CC.CC.CC.CC.CN.CNC(=O)c1cccc([S-](=O)=O)c1.COC(=O)c1cccc([S-](=O)=O)c1.COC(=O)c1cccc([S-])c1.O=C(O)c1cccc(S)c1.O=C(O)c1cccc([S-](=O)=O)c1.O=C(O)c1cccc([S-])c1.[CH3-].[W].[W].[W].[W].[W].[W]. The van der Waals surface area contributed by atoms with Gasteiger partial charge in [0.2, 0.25) is 0 Å². The van der Waals surface area contributed by atoms with Gasteiger partial charge in [-0.15, -0.1) is 12.6 Å². The first-order valence-corrected chi connectivity index (χ1v) is 29.6. The number of esters is 2. The summed E-state index contributed by atoms with van der Waals surface area (Å²) in [5, 5.41) is 27.8. The van der Waals surface area contributed by atoms with Crippen LogP contribution in [0.25, 0.3) is 0 Å². The Morgan fingerprint density at radius 2 is 0.622 bits per heavy atom. The molecule has 31 heteroatoms. The number of thiol groups is 1. The number of ether oxygens (including phenoxy) is 2. The Labute approximate surface area is 641 Å². The molecule has 0 saturated carbocycles. The maximum atomic E-state index is 11.1. The first kappa shape index (κ1) is 121. The van der Waals surface area contributed by atoms with Crippen LogP contribution in [0, 0.1) is 7.43 Å². The van der Waals surface area contributed by atoms with Crippen LogP contribution in [0.3, 0.4) is 0 Å². The Morgan fingerprint density at radius 3 is 0.867 bits per heavy atom. The van der Waals surface area contributed by atoms with E-state index in [-0.39, 0.29) is 183 Å². The van der Waals surface area contributed by atoms with Crippen molar-refractivity contribution in [1.82, 2.24) is 5.32 Å². The van der Waals surface area contributed by atoms with E-state index in [1.165, 1.54) is 113 Å². The van der Waals surface area contributed by atoms with Crippen LogP contribution < -0.4 is 11.1 Å². The van der Waals surface area contributed by atoms with Crippen molar-refractivity contribution in [2.75, 3.05) is 28.3 Å². The Kier molecular flexibility index (Phi) is 110. The predicted octanol–water partition coefficient (Wildman–Crippen LogP) is 13.4. The molecule has 0 aliphatic rings. The van der Waals surface area contributed by atoms with Crippen LogP contribution in [0.1, 0.15) is 145 Å². The van der Waals surface area contributed by atoms with Gasteiger partial charge in [0.1, 0.15) is 0 Å². The molecule has 0 unspecified atom stereocenters. The second-order valence-corrected chi connectivity index (χ2v) is 16.7. The van der Waals surface area contributed by atoms with E-state index in [1.54, 1.807) is 54.6 Å². The number of methoxy groups -OCH3 is 2. The molecule has 0 aliphatic heterocycles. The van der Waals surface area contributed by atoms with Crippen LogP contribution in [0.2, 0.25) is 0 Å². The third kappa shape index (κ3) is 61.1. The molecule has 6 rings (SSSR count). The maximum absolute atomic E-state index is 11.1. The van der Waals surface area contributed by atoms with Gasteiger partial charge < -0.3 is 93.8 Å². The van der Waals surface area contributed by atoms with Crippen molar-refractivity contribution in [1.29, 1.82) is 0 Å². The molecule has 0 spiro atoms. The van der Waals surface area contributed by atoms with Crippen molar-refractivity contribution in [3.63, 3.8) is 0 Å². The first-order chi connectivity index (χ1) is 39.5. The number of carbonyl (C=O) groups is 6. The Balaban J connectivity index is -0.0000000608. The van der Waals surface area contributed by atoms with Gasteiger partial charge >= 0.3 is 29.8 Å². The number of carboxylic acid groups (broad SMARTS) is 3. The minimum absolute atomic E-state index is 0. The summed E-state index contributed by atoms with van der Waals surface area (Å²) < 4.78 is 71.8. The first-order valence-electron chi connectivity index (χ1n) is 25.1. The fraction of sp³-hybridized carbons (Fsp3) is 0.271. The smallest absolute Gasteiger partial charge is 0.337 e. The Morgan fingerprint density at radius 1 is 0.400 bits per heavy atom. The van der Waals surface area contributed by atoms with E-state index < -0.39 is 56.0 Å². The van der Waals surface area contributed by atoms with Crippen LogP contribution in [0.15, 0.2) is 175 Å². The van der Waals surface area contributed by atoms with E-state index in [0.717, 1.165) is 6.07 Å². The molecule has 0 bridgehead atoms. The average molecular weight is 2390 g/mol. The van der Waals surface area contributed by atoms with Gasteiger partial charge in [0.15, 0.2) is 0 Å². The molecule has 508 valence electrons. The number of amides is 1. The van der Waals surface area contributed by atoms with Crippen LogP contribution in [0.5, 0.6) is 0 Å². The monoisotopic (exact) mass is 2390 g/mol. The summed E-state index contributed by atoms with van der Waals surface area (Å²) in [5.41, 5.74) is 6.05. The number of hydrogen-bond acceptors (Lipinski definition) is 21. The quantitative estimate of drug-likeness (QED) is 0.0339. The molecular weight excluding hydrogens is 2300 g/mol. The summed E-state index contributed by atoms with van der Waals surface area (Å²) in [6.07, 6.45) is 0.